The number of aryl methyl sites for hydroxylation is 2. The molecule has 0 spiro atoms. The number of hydrogen-bond acceptors (Lipinski definition) is 3. The molecule has 4 aromatic rings. The number of nitrogens with one attached hydrogen (secondary N) is 2. The van der Waals surface area contributed by atoms with E-state index in [0.29, 0.717) is 5.11 Å². The first-order chi connectivity index (χ1) is 17.4. The van der Waals surface area contributed by atoms with Crippen molar-refractivity contribution >= 4 is 28.9 Å². The van der Waals surface area contributed by atoms with Gasteiger partial charge in [0, 0.05) is 29.0 Å². The highest BCUT2D eigenvalue weighted by Crippen LogP contribution is 2.41. The lowest BCUT2D eigenvalue weighted by atomic mass is 9.96. The van der Waals surface area contributed by atoms with Crippen LogP contribution in [0.3, 0.4) is 0 Å². The Kier molecular flexibility index (Phi) is 6.57. The Bertz CT molecular complexity index is 1400. The molecule has 5 rings (SSSR count). The summed E-state index contributed by atoms with van der Waals surface area (Å²) in [5.74, 6) is -0.121. The van der Waals surface area contributed by atoms with Gasteiger partial charge in [-0.05, 0) is 86.6 Å². The van der Waals surface area contributed by atoms with Gasteiger partial charge in [0.05, 0.1) is 17.8 Å². The summed E-state index contributed by atoms with van der Waals surface area (Å²) < 4.78 is 2.27. The van der Waals surface area contributed by atoms with E-state index in [1.807, 2.05) is 53.4 Å². The van der Waals surface area contributed by atoms with Gasteiger partial charge in [0.15, 0.2) is 5.11 Å². The second-order valence-electron chi connectivity index (χ2n) is 9.17. The van der Waals surface area contributed by atoms with Crippen LogP contribution in [-0.2, 0) is 4.79 Å². The molecule has 36 heavy (non-hydrogen) atoms. The molecule has 0 saturated carbocycles. The first-order valence-corrected chi connectivity index (χ1v) is 12.4. The number of carbonyl (C=O) groups is 1. The van der Waals surface area contributed by atoms with Crippen LogP contribution in [0.5, 0.6) is 0 Å². The second-order valence-corrected chi connectivity index (χ2v) is 9.56. The lowest BCUT2D eigenvalue weighted by Crippen LogP contribution is -2.37. The fourth-order valence-corrected chi connectivity index (χ4v) is 5.35. The maximum Gasteiger partial charge on any atom is 0.244 e. The van der Waals surface area contributed by atoms with E-state index in [4.69, 9.17) is 12.2 Å². The molecule has 0 aliphatic carbocycles. The Morgan fingerprint density at radius 3 is 2.50 bits per heavy atom. The first kappa shape index (κ1) is 23.8. The average Bonchev–Trinajstić information content (AvgIpc) is 3.35. The maximum atomic E-state index is 13.1. The van der Waals surface area contributed by atoms with Crippen LogP contribution in [0.2, 0.25) is 0 Å². The number of anilines is 1. The van der Waals surface area contributed by atoms with E-state index in [1.165, 1.54) is 5.56 Å². The summed E-state index contributed by atoms with van der Waals surface area (Å²) in [6, 6.07) is 25.7. The van der Waals surface area contributed by atoms with Crippen molar-refractivity contribution in [3.63, 3.8) is 0 Å². The van der Waals surface area contributed by atoms with Gasteiger partial charge in [0.25, 0.3) is 0 Å². The number of carbonyl (C=O) groups excluding carboxylic acids is 1. The molecular formula is C29H29N5OS. The second kappa shape index (κ2) is 9.95. The number of nitrogens with zero attached hydrogens (tertiary/aromatic N) is 3. The molecule has 1 aliphatic rings. The highest BCUT2D eigenvalue weighted by Gasteiger charge is 2.42. The minimum absolute atomic E-state index is 0.121. The third kappa shape index (κ3) is 4.62. The number of rotatable bonds is 6. The summed E-state index contributed by atoms with van der Waals surface area (Å²) in [4.78, 5) is 19.7. The van der Waals surface area contributed by atoms with Gasteiger partial charge >= 0.3 is 0 Å². The van der Waals surface area contributed by atoms with Crippen molar-refractivity contribution in [2.75, 3.05) is 11.9 Å². The van der Waals surface area contributed by atoms with Crippen LogP contribution in [0.25, 0.3) is 5.69 Å². The molecule has 0 bridgehead atoms. The highest BCUT2D eigenvalue weighted by atomic mass is 32.1. The van der Waals surface area contributed by atoms with Crippen LogP contribution in [0, 0.1) is 20.8 Å². The fraction of sp³-hybridized carbons (Fsp3) is 0.207. The number of thiocarbonyl (C=S) groups is 1. The van der Waals surface area contributed by atoms with Gasteiger partial charge in [-0.1, -0.05) is 36.4 Å². The molecule has 1 fully saturated rings. The average molecular weight is 496 g/mol. The minimum Gasteiger partial charge on any atom is -0.352 e. The van der Waals surface area contributed by atoms with E-state index in [2.05, 4.69) is 71.3 Å². The molecular weight excluding hydrogens is 466 g/mol. The largest absolute Gasteiger partial charge is 0.352 e. The summed E-state index contributed by atoms with van der Waals surface area (Å²) in [6.45, 7) is 6.47. The molecule has 1 amide bonds. The molecule has 0 unspecified atom stereocenters. The van der Waals surface area contributed by atoms with Gasteiger partial charge in [-0.25, -0.2) is 0 Å². The summed E-state index contributed by atoms with van der Waals surface area (Å²) in [7, 11) is 0. The molecule has 2 N–H and O–H groups in total. The summed E-state index contributed by atoms with van der Waals surface area (Å²) in [5.41, 5.74) is 7.32. The molecule has 0 radical (unpaired) electrons. The molecule has 2 atom stereocenters. The van der Waals surface area contributed by atoms with E-state index in [-0.39, 0.29) is 24.5 Å². The van der Waals surface area contributed by atoms with E-state index < -0.39 is 0 Å². The van der Waals surface area contributed by atoms with Crippen LogP contribution in [0.1, 0.15) is 40.3 Å². The smallest absolute Gasteiger partial charge is 0.244 e. The van der Waals surface area contributed by atoms with Crippen LogP contribution in [0.4, 0.5) is 5.69 Å². The Hall–Kier alpha value is -3.97. The Labute approximate surface area is 217 Å². The molecule has 7 heteroatoms. The fourth-order valence-electron chi connectivity index (χ4n) is 5.04. The number of hydrogen-bond donors (Lipinski definition) is 2. The summed E-state index contributed by atoms with van der Waals surface area (Å²) in [5, 5.41) is 6.98. The van der Waals surface area contributed by atoms with Gasteiger partial charge < -0.3 is 20.1 Å². The number of para-hydroxylation sites is 1. The van der Waals surface area contributed by atoms with Crippen molar-refractivity contribution in [2.24, 2.45) is 0 Å². The lowest BCUT2D eigenvalue weighted by Gasteiger charge is -2.27. The quantitative estimate of drug-likeness (QED) is 0.350. The van der Waals surface area contributed by atoms with Crippen molar-refractivity contribution in [3.05, 3.63) is 113 Å². The normalized spacial score (nSPS) is 17.2. The molecule has 2 aromatic carbocycles. The number of pyridine rings is 1. The van der Waals surface area contributed by atoms with E-state index in [1.54, 1.807) is 6.20 Å². The Morgan fingerprint density at radius 1 is 1.00 bits per heavy atom. The van der Waals surface area contributed by atoms with Gasteiger partial charge in [0.1, 0.15) is 6.54 Å². The molecule has 3 heterocycles. The standard InChI is InChI=1S/C29H29N5OS/c1-19-10-9-13-23(16-19)34-20(2)17-24(21(34)3)28-27(25-14-7-8-15-30-25)32-29(36)33(28)18-26(35)31-22-11-5-4-6-12-22/h4-17,27-28H,18H2,1-3H3,(H,31,35)(H,32,36)/t27-,28-/m0/s1. The zero-order chi connectivity index (χ0) is 25.2. The highest BCUT2D eigenvalue weighted by molar-refractivity contribution is 7.80. The molecule has 182 valence electrons. The number of amides is 1. The van der Waals surface area contributed by atoms with Gasteiger partial charge in [-0.3, -0.25) is 9.78 Å². The molecule has 2 aromatic heterocycles. The van der Waals surface area contributed by atoms with Crippen molar-refractivity contribution in [2.45, 2.75) is 32.9 Å². The van der Waals surface area contributed by atoms with Crippen LogP contribution in [0.15, 0.2) is 85.1 Å². The van der Waals surface area contributed by atoms with Crippen molar-refractivity contribution in [1.82, 2.24) is 19.8 Å². The zero-order valence-corrected chi connectivity index (χ0v) is 21.4. The van der Waals surface area contributed by atoms with Crippen LogP contribution >= 0.6 is 12.2 Å². The molecule has 1 saturated heterocycles. The molecule has 6 nitrogen and oxygen atoms in total. The van der Waals surface area contributed by atoms with Gasteiger partial charge in [0.2, 0.25) is 5.91 Å². The van der Waals surface area contributed by atoms with E-state index in [0.717, 1.165) is 34.0 Å². The Morgan fingerprint density at radius 2 is 1.78 bits per heavy atom. The van der Waals surface area contributed by atoms with Gasteiger partial charge in [-0.15, -0.1) is 0 Å². The van der Waals surface area contributed by atoms with E-state index >= 15 is 0 Å². The number of aromatic nitrogens is 2. The zero-order valence-electron chi connectivity index (χ0n) is 20.6. The predicted molar refractivity (Wildman–Crippen MR) is 147 cm³/mol. The van der Waals surface area contributed by atoms with Crippen LogP contribution < -0.4 is 10.6 Å². The van der Waals surface area contributed by atoms with Crippen molar-refractivity contribution < 1.29 is 4.79 Å². The topological polar surface area (TPSA) is 62.2 Å². The third-order valence-electron chi connectivity index (χ3n) is 6.62. The maximum absolute atomic E-state index is 13.1. The van der Waals surface area contributed by atoms with Crippen LogP contribution in [-0.4, -0.2) is 32.0 Å². The van der Waals surface area contributed by atoms with E-state index in [9.17, 15) is 4.79 Å². The molecule has 1 aliphatic heterocycles. The SMILES string of the molecule is Cc1cccc(-n2c(C)cc([C@H]3[C@H](c4ccccn4)NC(=S)N3CC(=O)Nc3ccccc3)c2C)c1. The predicted octanol–water partition coefficient (Wildman–Crippen LogP) is 5.41. The van der Waals surface area contributed by atoms with Crippen molar-refractivity contribution in [1.29, 1.82) is 0 Å². The first-order valence-electron chi connectivity index (χ1n) is 12.0. The monoisotopic (exact) mass is 495 g/mol. The minimum atomic E-state index is -0.196. The third-order valence-corrected chi connectivity index (χ3v) is 6.97. The summed E-state index contributed by atoms with van der Waals surface area (Å²) in [6.07, 6.45) is 1.79. The van der Waals surface area contributed by atoms with Crippen molar-refractivity contribution in [3.8, 4) is 5.69 Å². The Balaban J connectivity index is 1.54. The lowest BCUT2D eigenvalue weighted by molar-refractivity contribution is -0.116. The number of benzene rings is 2. The summed E-state index contributed by atoms with van der Waals surface area (Å²) >= 11 is 5.77. The van der Waals surface area contributed by atoms with Gasteiger partial charge in [-0.2, -0.15) is 0 Å².